The summed E-state index contributed by atoms with van der Waals surface area (Å²) < 4.78 is 13.2. The van der Waals surface area contributed by atoms with Gasteiger partial charge in [0.05, 0.1) is 11.9 Å². The average molecular weight is 481 g/mol. The van der Waals surface area contributed by atoms with Crippen LogP contribution in [0.4, 0.5) is 10.2 Å². The average Bonchev–Trinajstić information content (AvgIpc) is 3.69. The van der Waals surface area contributed by atoms with Crippen LogP contribution in [0.2, 0.25) is 0 Å². The normalized spacial score (nSPS) is 22.4. The van der Waals surface area contributed by atoms with Crippen molar-refractivity contribution in [2.45, 2.75) is 70.6 Å². The second kappa shape index (κ2) is 10.6. The van der Waals surface area contributed by atoms with Crippen molar-refractivity contribution < 1.29 is 9.18 Å². The summed E-state index contributed by atoms with van der Waals surface area (Å²) in [6, 6.07) is 8.29. The number of nitrogens with zero attached hydrogens (tertiary/aromatic N) is 5. The summed E-state index contributed by atoms with van der Waals surface area (Å²) in [5, 5.41) is 2.99. The molecular weight excluding hydrogens is 443 g/mol. The van der Waals surface area contributed by atoms with E-state index in [4.69, 9.17) is 0 Å². The zero-order valence-corrected chi connectivity index (χ0v) is 20.9. The van der Waals surface area contributed by atoms with Gasteiger partial charge in [-0.2, -0.15) is 0 Å². The Morgan fingerprint density at radius 3 is 2.49 bits per heavy atom. The van der Waals surface area contributed by atoms with Gasteiger partial charge in [0, 0.05) is 44.3 Å². The molecule has 2 saturated heterocycles. The number of nitrogens with one attached hydrogen (secondary N) is 1. The number of amides is 1. The van der Waals surface area contributed by atoms with E-state index in [0.717, 1.165) is 70.0 Å². The smallest absolute Gasteiger partial charge is 0.271 e. The lowest BCUT2D eigenvalue weighted by Gasteiger charge is -2.47. The fraction of sp³-hybridized carbons (Fsp3) is 0.593. The molecule has 1 N–H and O–H groups in total. The number of rotatable bonds is 7. The van der Waals surface area contributed by atoms with Crippen LogP contribution >= 0.6 is 0 Å². The highest BCUT2D eigenvalue weighted by atomic mass is 19.1. The van der Waals surface area contributed by atoms with Gasteiger partial charge in [0.2, 0.25) is 0 Å². The number of aromatic nitrogens is 2. The summed E-state index contributed by atoms with van der Waals surface area (Å²) in [7, 11) is 0. The maximum atomic E-state index is 13.2. The molecule has 1 saturated carbocycles. The first-order valence-electron chi connectivity index (χ1n) is 13.1. The van der Waals surface area contributed by atoms with E-state index in [2.05, 4.69) is 36.9 Å². The summed E-state index contributed by atoms with van der Waals surface area (Å²) in [4.78, 5) is 29.1. The van der Waals surface area contributed by atoms with Crippen molar-refractivity contribution >= 4 is 11.7 Å². The maximum absolute atomic E-state index is 13.2. The monoisotopic (exact) mass is 480 g/mol. The van der Waals surface area contributed by atoms with Crippen LogP contribution in [0.1, 0.15) is 60.8 Å². The van der Waals surface area contributed by atoms with Gasteiger partial charge in [-0.1, -0.05) is 19.1 Å². The molecule has 1 amide bonds. The molecule has 8 heteroatoms. The van der Waals surface area contributed by atoms with Crippen LogP contribution in [0.25, 0.3) is 0 Å². The zero-order valence-electron chi connectivity index (χ0n) is 20.9. The number of carbonyl (C=O) groups excluding carboxylic acids is 1. The number of carbonyl (C=O) groups is 1. The first-order chi connectivity index (χ1) is 17.0. The number of piperazine rings is 1. The summed E-state index contributed by atoms with van der Waals surface area (Å²) in [5.41, 5.74) is 2.42. The third-order valence-corrected chi connectivity index (χ3v) is 7.71. The Morgan fingerprint density at radius 2 is 1.83 bits per heavy atom. The number of piperidine rings is 1. The van der Waals surface area contributed by atoms with Gasteiger partial charge in [-0.3, -0.25) is 14.6 Å². The lowest BCUT2D eigenvalue weighted by molar-refractivity contribution is 0.0610. The molecule has 1 atom stereocenters. The number of hydrogen-bond acceptors (Lipinski definition) is 6. The lowest BCUT2D eigenvalue weighted by atomic mass is 9.97. The summed E-state index contributed by atoms with van der Waals surface area (Å²) in [5.74, 6) is 0.616. The Bertz CT molecular complexity index is 1020. The minimum Gasteiger partial charge on any atom is -0.352 e. The molecule has 0 spiro atoms. The minimum absolute atomic E-state index is 0.114. The van der Waals surface area contributed by atoms with E-state index in [1.54, 1.807) is 18.3 Å². The highest BCUT2D eigenvalue weighted by molar-refractivity contribution is 5.92. The van der Waals surface area contributed by atoms with Gasteiger partial charge in [0.1, 0.15) is 17.3 Å². The second-order valence-electron chi connectivity index (χ2n) is 10.3. The van der Waals surface area contributed by atoms with Crippen molar-refractivity contribution in [2.75, 3.05) is 37.6 Å². The molecule has 0 unspecified atom stereocenters. The van der Waals surface area contributed by atoms with E-state index in [9.17, 15) is 9.18 Å². The van der Waals surface area contributed by atoms with Crippen molar-refractivity contribution in [3.63, 3.8) is 0 Å². The number of anilines is 1. The van der Waals surface area contributed by atoms with E-state index >= 15 is 0 Å². The van der Waals surface area contributed by atoms with Crippen LogP contribution in [0.3, 0.4) is 0 Å². The molecule has 1 aromatic heterocycles. The minimum atomic E-state index is -0.173. The first-order valence-corrected chi connectivity index (χ1v) is 13.1. The molecule has 3 fully saturated rings. The van der Waals surface area contributed by atoms with Gasteiger partial charge in [0.15, 0.2) is 0 Å². The Balaban J connectivity index is 1.16. The van der Waals surface area contributed by atoms with Gasteiger partial charge in [-0.25, -0.2) is 14.4 Å². The number of aryl methyl sites for hydroxylation is 1. The van der Waals surface area contributed by atoms with Crippen molar-refractivity contribution in [3.8, 4) is 0 Å². The first kappa shape index (κ1) is 24.1. The Kier molecular flexibility index (Phi) is 7.29. The molecule has 0 radical (unpaired) electrons. The van der Waals surface area contributed by atoms with Crippen LogP contribution in [-0.4, -0.2) is 76.5 Å². The molecule has 3 heterocycles. The van der Waals surface area contributed by atoms with E-state index in [0.29, 0.717) is 23.8 Å². The predicted molar refractivity (Wildman–Crippen MR) is 135 cm³/mol. The van der Waals surface area contributed by atoms with Gasteiger partial charge < -0.3 is 10.2 Å². The van der Waals surface area contributed by atoms with Gasteiger partial charge in [-0.15, -0.1) is 0 Å². The molecule has 5 rings (SSSR count). The topological polar surface area (TPSA) is 64.6 Å². The fourth-order valence-electron chi connectivity index (χ4n) is 5.55. The summed E-state index contributed by atoms with van der Waals surface area (Å²) in [6.07, 6.45) is 7.19. The molecule has 188 valence electrons. The fourth-order valence-corrected chi connectivity index (χ4v) is 5.55. The third-order valence-electron chi connectivity index (χ3n) is 7.71. The number of hydrogen-bond donors (Lipinski definition) is 1. The SMILES string of the molecule is CC[C@H]1CN(c2ncc(C(=O)NC3CC3)nc2C)CCN1C1CCN(Cc2ccc(F)cc2)CC1. The summed E-state index contributed by atoms with van der Waals surface area (Å²) >= 11 is 0. The Morgan fingerprint density at radius 1 is 1.09 bits per heavy atom. The Labute approximate surface area is 207 Å². The van der Waals surface area contributed by atoms with Gasteiger partial charge >= 0.3 is 0 Å². The highest BCUT2D eigenvalue weighted by Gasteiger charge is 2.34. The third kappa shape index (κ3) is 5.81. The zero-order chi connectivity index (χ0) is 24.4. The van der Waals surface area contributed by atoms with Crippen LogP contribution in [0.15, 0.2) is 30.5 Å². The molecule has 2 aromatic rings. The lowest BCUT2D eigenvalue weighted by Crippen LogP contribution is -2.58. The van der Waals surface area contributed by atoms with Crippen molar-refractivity contribution in [1.29, 1.82) is 0 Å². The molecule has 3 aliphatic rings. The number of halogens is 1. The predicted octanol–water partition coefficient (Wildman–Crippen LogP) is 3.38. The second-order valence-corrected chi connectivity index (χ2v) is 10.3. The van der Waals surface area contributed by atoms with E-state index < -0.39 is 0 Å². The largest absolute Gasteiger partial charge is 0.352 e. The van der Waals surface area contributed by atoms with E-state index in [1.165, 1.54) is 18.4 Å². The van der Waals surface area contributed by atoms with E-state index in [-0.39, 0.29) is 11.7 Å². The molecule has 7 nitrogen and oxygen atoms in total. The van der Waals surface area contributed by atoms with Gasteiger partial charge in [0.25, 0.3) is 5.91 Å². The van der Waals surface area contributed by atoms with Crippen molar-refractivity contribution in [2.24, 2.45) is 0 Å². The van der Waals surface area contributed by atoms with Crippen LogP contribution in [0, 0.1) is 12.7 Å². The molecule has 1 aliphatic carbocycles. The molecular formula is C27H37FN6O. The molecule has 2 aliphatic heterocycles. The molecule has 35 heavy (non-hydrogen) atoms. The van der Waals surface area contributed by atoms with E-state index in [1.807, 2.05) is 19.1 Å². The Hall–Kier alpha value is -2.58. The standard InChI is InChI=1S/C27H37FN6O/c1-3-23-18-33(26-19(2)30-25(16-29-26)27(35)31-22-8-9-22)14-15-34(23)24-10-12-32(13-11-24)17-20-4-6-21(28)7-5-20/h4-7,16,22-24H,3,8-15,17-18H2,1-2H3,(H,31,35)/t23-/m0/s1. The van der Waals surface area contributed by atoms with Crippen molar-refractivity contribution in [3.05, 3.63) is 53.2 Å². The highest BCUT2D eigenvalue weighted by Crippen LogP contribution is 2.27. The number of likely N-dealkylation sites (tertiary alicyclic amines) is 1. The quantitative estimate of drug-likeness (QED) is 0.656. The number of benzene rings is 1. The summed E-state index contributed by atoms with van der Waals surface area (Å²) in [6.45, 7) is 10.2. The van der Waals surface area contributed by atoms with Crippen LogP contribution < -0.4 is 10.2 Å². The van der Waals surface area contributed by atoms with Gasteiger partial charge in [-0.05, 0) is 69.8 Å². The maximum Gasteiger partial charge on any atom is 0.271 e. The van der Waals surface area contributed by atoms with Crippen LogP contribution in [0.5, 0.6) is 0 Å². The van der Waals surface area contributed by atoms with Crippen LogP contribution in [-0.2, 0) is 6.54 Å². The molecule has 1 aromatic carbocycles. The van der Waals surface area contributed by atoms with Crippen molar-refractivity contribution in [1.82, 2.24) is 25.1 Å². The molecule has 0 bridgehead atoms.